The van der Waals surface area contributed by atoms with E-state index in [1.807, 2.05) is 0 Å². The molecule has 9 heteroatoms. The first kappa shape index (κ1) is 43.2. The highest BCUT2D eigenvalue weighted by molar-refractivity contribution is 5.76. The SMILES string of the molecule is CCCCCCCCCCCCCCCCCCCC(=O)NC(COC1OC(CO)C(O)C(O)C1O)C(O)CCCCCCCC. The van der Waals surface area contributed by atoms with E-state index in [4.69, 9.17) is 9.47 Å². The minimum atomic E-state index is -1.54. The summed E-state index contributed by atoms with van der Waals surface area (Å²) in [7, 11) is 0. The molecule has 0 spiro atoms. The van der Waals surface area contributed by atoms with Crippen LogP contribution in [-0.4, -0.2) is 87.5 Å². The number of unbranched alkanes of at least 4 members (excludes halogenated alkanes) is 21. The Morgan fingerprint density at radius 2 is 1.09 bits per heavy atom. The van der Waals surface area contributed by atoms with Crippen LogP contribution in [0, 0.1) is 0 Å². The number of carbonyl (C=O) groups is 1. The largest absolute Gasteiger partial charge is 0.394 e. The van der Waals surface area contributed by atoms with Crippen molar-refractivity contribution in [3.63, 3.8) is 0 Å². The van der Waals surface area contributed by atoms with E-state index in [2.05, 4.69) is 19.2 Å². The summed E-state index contributed by atoms with van der Waals surface area (Å²) in [6.45, 7) is 3.76. The van der Waals surface area contributed by atoms with E-state index in [0.717, 1.165) is 38.5 Å². The van der Waals surface area contributed by atoms with Crippen molar-refractivity contribution in [1.29, 1.82) is 0 Å². The third kappa shape index (κ3) is 20.5. The van der Waals surface area contributed by atoms with Crippen molar-refractivity contribution in [1.82, 2.24) is 5.32 Å². The number of rotatable bonds is 31. The van der Waals surface area contributed by atoms with Gasteiger partial charge >= 0.3 is 0 Å². The Kier molecular flexibility index (Phi) is 27.4. The molecule has 0 bridgehead atoms. The van der Waals surface area contributed by atoms with Crippen molar-refractivity contribution >= 4 is 5.91 Å². The van der Waals surface area contributed by atoms with Crippen molar-refractivity contribution in [3.05, 3.63) is 0 Å². The molecule has 0 aromatic carbocycles. The number of aliphatic hydroxyl groups is 5. The van der Waals surface area contributed by atoms with Gasteiger partial charge in [0.25, 0.3) is 0 Å². The van der Waals surface area contributed by atoms with Crippen LogP contribution in [0.5, 0.6) is 0 Å². The summed E-state index contributed by atoms with van der Waals surface area (Å²) < 4.78 is 11.1. The minimum Gasteiger partial charge on any atom is -0.394 e. The van der Waals surface area contributed by atoms with Crippen molar-refractivity contribution in [3.8, 4) is 0 Å². The number of aliphatic hydroxyl groups excluding tert-OH is 5. The van der Waals surface area contributed by atoms with Crippen LogP contribution in [0.15, 0.2) is 0 Å². The monoisotopic (exact) mass is 660 g/mol. The molecule has 1 rings (SSSR count). The van der Waals surface area contributed by atoms with Crippen molar-refractivity contribution in [2.75, 3.05) is 13.2 Å². The van der Waals surface area contributed by atoms with E-state index in [-0.39, 0.29) is 12.5 Å². The first-order chi connectivity index (χ1) is 22.3. The lowest BCUT2D eigenvalue weighted by molar-refractivity contribution is -0.302. The van der Waals surface area contributed by atoms with Crippen molar-refractivity contribution < 1.29 is 39.8 Å². The third-order valence-electron chi connectivity index (χ3n) is 9.46. The fraction of sp³-hybridized carbons (Fsp3) is 0.973. The molecule has 7 atom stereocenters. The Hall–Kier alpha value is -0.810. The van der Waals surface area contributed by atoms with Crippen LogP contribution in [0.2, 0.25) is 0 Å². The summed E-state index contributed by atoms with van der Waals surface area (Å²) in [5.74, 6) is -0.148. The van der Waals surface area contributed by atoms with E-state index in [1.54, 1.807) is 0 Å². The van der Waals surface area contributed by atoms with Crippen LogP contribution in [0.3, 0.4) is 0 Å². The Labute approximate surface area is 281 Å². The summed E-state index contributed by atoms with van der Waals surface area (Å²) in [5.41, 5.74) is 0. The Balaban J connectivity index is 2.29. The van der Waals surface area contributed by atoms with E-state index in [1.165, 1.54) is 109 Å². The van der Waals surface area contributed by atoms with Gasteiger partial charge in [-0.25, -0.2) is 0 Å². The van der Waals surface area contributed by atoms with Gasteiger partial charge in [0.15, 0.2) is 6.29 Å². The van der Waals surface area contributed by atoms with Gasteiger partial charge in [-0.1, -0.05) is 155 Å². The molecule has 1 heterocycles. The lowest BCUT2D eigenvalue weighted by Gasteiger charge is -2.40. The molecule has 274 valence electrons. The summed E-state index contributed by atoms with van der Waals surface area (Å²) in [6, 6.07) is -0.707. The van der Waals surface area contributed by atoms with Crippen LogP contribution in [0.1, 0.15) is 174 Å². The predicted octanol–water partition coefficient (Wildman–Crippen LogP) is 6.44. The van der Waals surface area contributed by atoms with Gasteiger partial charge in [0.2, 0.25) is 5.91 Å². The molecule has 6 N–H and O–H groups in total. The van der Waals surface area contributed by atoms with Crippen molar-refractivity contribution in [2.45, 2.75) is 217 Å². The molecule has 1 aliphatic rings. The molecular weight excluding hydrogens is 586 g/mol. The fourth-order valence-electron chi connectivity index (χ4n) is 6.28. The van der Waals surface area contributed by atoms with Gasteiger partial charge in [-0.05, 0) is 12.8 Å². The van der Waals surface area contributed by atoms with Gasteiger partial charge in [0.1, 0.15) is 24.4 Å². The number of amides is 1. The molecule has 1 fully saturated rings. The molecule has 0 radical (unpaired) electrons. The third-order valence-corrected chi connectivity index (χ3v) is 9.46. The predicted molar refractivity (Wildman–Crippen MR) is 184 cm³/mol. The smallest absolute Gasteiger partial charge is 0.220 e. The average molecular weight is 660 g/mol. The second kappa shape index (κ2) is 29.1. The Bertz CT molecular complexity index is 696. The molecule has 1 amide bonds. The normalized spacial score (nSPS) is 23.0. The summed E-state index contributed by atoms with van der Waals surface area (Å²) >= 11 is 0. The lowest BCUT2D eigenvalue weighted by atomic mass is 9.99. The molecule has 9 nitrogen and oxygen atoms in total. The van der Waals surface area contributed by atoms with Crippen molar-refractivity contribution in [2.24, 2.45) is 0 Å². The van der Waals surface area contributed by atoms with Gasteiger partial charge in [0, 0.05) is 6.42 Å². The number of nitrogens with one attached hydrogen (secondary N) is 1. The van der Waals surface area contributed by atoms with Crippen LogP contribution in [0.4, 0.5) is 0 Å². The Morgan fingerprint density at radius 1 is 0.652 bits per heavy atom. The quantitative estimate of drug-likeness (QED) is 0.0466. The molecule has 0 saturated carbocycles. The summed E-state index contributed by atoms with van der Waals surface area (Å²) in [6.07, 6.45) is 21.4. The molecule has 0 aliphatic carbocycles. The molecule has 1 saturated heterocycles. The zero-order valence-corrected chi connectivity index (χ0v) is 29.6. The maximum Gasteiger partial charge on any atom is 0.220 e. The van der Waals surface area contributed by atoms with Crippen LogP contribution in [0.25, 0.3) is 0 Å². The molecule has 1 aliphatic heterocycles. The van der Waals surface area contributed by atoms with E-state index in [9.17, 15) is 30.3 Å². The standard InChI is InChI=1S/C37H73NO8/c1-3-5-7-9-11-12-13-14-15-16-17-18-19-20-21-23-25-27-33(41)38-30(31(40)26-24-22-10-8-6-4-2)29-45-37-36(44)35(43)34(42)32(28-39)46-37/h30-32,34-37,39-40,42-44H,3-29H2,1-2H3,(H,38,41). The van der Waals surface area contributed by atoms with Crippen LogP contribution in [-0.2, 0) is 14.3 Å². The maximum absolute atomic E-state index is 12.8. The highest BCUT2D eigenvalue weighted by Crippen LogP contribution is 2.23. The van der Waals surface area contributed by atoms with E-state index >= 15 is 0 Å². The first-order valence-electron chi connectivity index (χ1n) is 19.2. The zero-order valence-electron chi connectivity index (χ0n) is 29.6. The lowest BCUT2D eigenvalue weighted by Crippen LogP contribution is -2.60. The second-order valence-corrected chi connectivity index (χ2v) is 13.7. The van der Waals surface area contributed by atoms with Crippen LogP contribution < -0.4 is 5.32 Å². The number of ether oxygens (including phenoxy) is 2. The highest BCUT2D eigenvalue weighted by Gasteiger charge is 2.44. The van der Waals surface area contributed by atoms with Gasteiger partial charge in [-0.2, -0.15) is 0 Å². The number of hydrogen-bond acceptors (Lipinski definition) is 8. The molecule has 7 unspecified atom stereocenters. The topological polar surface area (TPSA) is 149 Å². The number of carbonyl (C=O) groups excluding carboxylic acids is 1. The fourth-order valence-corrected chi connectivity index (χ4v) is 6.28. The minimum absolute atomic E-state index is 0.134. The van der Waals surface area contributed by atoms with Gasteiger partial charge < -0.3 is 40.3 Å². The number of hydrogen-bond donors (Lipinski definition) is 6. The zero-order chi connectivity index (χ0) is 33.8. The van der Waals surface area contributed by atoms with E-state index in [0.29, 0.717) is 12.8 Å². The highest BCUT2D eigenvalue weighted by atomic mass is 16.7. The molecule has 0 aromatic heterocycles. The van der Waals surface area contributed by atoms with Gasteiger partial charge in [0.05, 0.1) is 25.4 Å². The van der Waals surface area contributed by atoms with E-state index < -0.39 is 49.5 Å². The first-order valence-corrected chi connectivity index (χ1v) is 19.2. The maximum atomic E-state index is 12.8. The molecular formula is C37H73NO8. The second-order valence-electron chi connectivity index (χ2n) is 13.7. The van der Waals surface area contributed by atoms with Gasteiger partial charge in [-0.3, -0.25) is 4.79 Å². The average Bonchev–Trinajstić information content (AvgIpc) is 3.05. The molecule has 46 heavy (non-hydrogen) atoms. The Morgan fingerprint density at radius 3 is 1.54 bits per heavy atom. The molecule has 0 aromatic rings. The van der Waals surface area contributed by atoms with Crippen LogP contribution >= 0.6 is 0 Å². The summed E-state index contributed by atoms with van der Waals surface area (Å²) in [4.78, 5) is 12.8. The summed E-state index contributed by atoms with van der Waals surface area (Å²) in [5, 5.41) is 53.7. The van der Waals surface area contributed by atoms with Gasteiger partial charge in [-0.15, -0.1) is 0 Å².